The minimum atomic E-state index is -4.91. The summed E-state index contributed by atoms with van der Waals surface area (Å²) in [6.07, 6.45) is -9.68. The molecular formula is C23H28F6N2O. The van der Waals surface area contributed by atoms with E-state index in [0.717, 1.165) is 12.1 Å². The predicted molar refractivity (Wildman–Crippen MR) is 110 cm³/mol. The number of aromatic nitrogens is 1. The van der Waals surface area contributed by atoms with Gasteiger partial charge in [0.05, 0.1) is 11.1 Å². The lowest BCUT2D eigenvalue weighted by molar-refractivity contribution is -0.142. The Morgan fingerprint density at radius 2 is 1.56 bits per heavy atom. The van der Waals surface area contributed by atoms with E-state index in [-0.39, 0.29) is 28.1 Å². The van der Waals surface area contributed by atoms with Crippen molar-refractivity contribution < 1.29 is 31.1 Å². The molecule has 2 aromatic rings. The summed E-state index contributed by atoms with van der Waals surface area (Å²) in [5, 5.41) is -0.0886. The lowest BCUT2D eigenvalue weighted by atomic mass is 9.83. The van der Waals surface area contributed by atoms with Crippen molar-refractivity contribution in [2.45, 2.75) is 78.0 Å². The van der Waals surface area contributed by atoms with Crippen LogP contribution in [-0.4, -0.2) is 34.1 Å². The van der Waals surface area contributed by atoms with Crippen LogP contribution in [0.2, 0.25) is 0 Å². The molecule has 0 saturated carbocycles. The molecule has 1 aliphatic heterocycles. The highest BCUT2D eigenvalue weighted by Crippen LogP contribution is 2.42. The van der Waals surface area contributed by atoms with Gasteiger partial charge >= 0.3 is 12.4 Å². The van der Waals surface area contributed by atoms with Crippen LogP contribution in [0, 0.1) is 5.41 Å². The lowest BCUT2D eigenvalue weighted by Crippen LogP contribution is -2.49. The fraction of sp³-hybridized carbons (Fsp3) is 0.609. The van der Waals surface area contributed by atoms with Gasteiger partial charge in [0.15, 0.2) is 0 Å². The third-order valence-corrected chi connectivity index (χ3v) is 5.82. The van der Waals surface area contributed by atoms with Gasteiger partial charge < -0.3 is 4.74 Å². The van der Waals surface area contributed by atoms with Crippen molar-refractivity contribution in [3.8, 4) is 5.75 Å². The third-order valence-electron chi connectivity index (χ3n) is 5.82. The van der Waals surface area contributed by atoms with Gasteiger partial charge in [-0.1, -0.05) is 26.8 Å². The van der Waals surface area contributed by atoms with Crippen LogP contribution >= 0.6 is 0 Å². The molecule has 3 rings (SSSR count). The largest absolute Gasteiger partial charge is 0.488 e. The average molecular weight is 462 g/mol. The van der Waals surface area contributed by atoms with Crippen molar-refractivity contribution >= 4 is 10.9 Å². The number of nitrogens with zero attached hydrogens (tertiary/aromatic N) is 2. The molecule has 0 aliphatic carbocycles. The summed E-state index contributed by atoms with van der Waals surface area (Å²) >= 11 is 0. The molecule has 2 heterocycles. The predicted octanol–water partition coefficient (Wildman–Crippen LogP) is 6.94. The van der Waals surface area contributed by atoms with Gasteiger partial charge in [0.1, 0.15) is 17.5 Å². The Morgan fingerprint density at radius 3 is 2.03 bits per heavy atom. The van der Waals surface area contributed by atoms with Crippen molar-refractivity contribution in [1.82, 2.24) is 9.88 Å². The highest BCUT2D eigenvalue weighted by atomic mass is 19.4. The summed E-state index contributed by atoms with van der Waals surface area (Å²) in [7, 11) is 0. The zero-order valence-electron chi connectivity index (χ0n) is 18.9. The van der Waals surface area contributed by atoms with Crippen LogP contribution in [0.3, 0.4) is 0 Å². The first kappa shape index (κ1) is 24.6. The summed E-state index contributed by atoms with van der Waals surface area (Å²) in [4.78, 5) is 5.56. The first-order chi connectivity index (χ1) is 14.4. The number of fused-ring (bicyclic) bond motifs is 1. The van der Waals surface area contributed by atoms with E-state index < -0.39 is 35.2 Å². The number of pyridine rings is 1. The van der Waals surface area contributed by atoms with E-state index in [1.807, 2.05) is 20.8 Å². The topological polar surface area (TPSA) is 25.4 Å². The summed E-state index contributed by atoms with van der Waals surface area (Å²) in [5.74, 6) is -0.234. The molecule has 1 saturated heterocycles. The molecule has 178 valence electrons. The Kier molecular flexibility index (Phi) is 5.98. The summed E-state index contributed by atoms with van der Waals surface area (Å²) in [5.41, 5.74) is -3.72. The number of hydrogen-bond donors (Lipinski definition) is 0. The lowest BCUT2D eigenvalue weighted by Gasteiger charge is -2.42. The number of hydrogen-bond acceptors (Lipinski definition) is 3. The van der Waals surface area contributed by atoms with E-state index in [0.29, 0.717) is 19.0 Å². The average Bonchev–Trinajstić information content (AvgIpc) is 3.04. The van der Waals surface area contributed by atoms with Gasteiger partial charge in [-0.25, -0.2) is 4.98 Å². The minimum Gasteiger partial charge on any atom is -0.488 e. The second-order valence-electron chi connectivity index (χ2n) is 10.4. The van der Waals surface area contributed by atoms with Crippen molar-refractivity contribution in [3.05, 3.63) is 35.5 Å². The normalized spacial score (nSPS) is 21.4. The van der Waals surface area contributed by atoms with Gasteiger partial charge in [-0.05, 0) is 38.3 Å². The van der Waals surface area contributed by atoms with Gasteiger partial charge in [0.2, 0.25) is 0 Å². The van der Waals surface area contributed by atoms with Crippen LogP contribution in [0.25, 0.3) is 10.9 Å². The minimum absolute atomic E-state index is 0.0886. The van der Waals surface area contributed by atoms with E-state index in [9.17, 15) is 26.3 Å². The van der Waals surface area contributed by atoms with Gasteiger partial charge in [0.25, 0.3) is 0 Å². The summed E-state index contributed by atoms with van der Waals surface area (Å²) in [6, 6.07) is 3.99. The second kappa shape index (κ2) is 7.78. The molecule has 1 aromatic carbocycles. The molecular weight excluding hydrogens is 434 g/mol. The zero-order chi connectivity index (χ0) is 24.3. The van der Waals surface area contributed by atoms with Gasteiger partial charge in [-0.3, -0.25) is 4.90 Å². The molecule has 2 atom stereocenters. The smallest absolute Gasteiger partial charge is 0.433 e. The molecule has 9 heteroatoms. The van der Waals surface area contributed by atoms with Crippen LogP contribution in [0.1, 0.15) is 59.2 Å². The fourth-order valence-corrected chi connectivity index (χ4v) is 4.31. The fourth-order valence-electron chi connectivity index (χ4n) is 4.31. The monoisotopic (exact) mass is 462 g/mol. The van der Waals surface area contributed by atoms with Crippen LogP contribution < -0.4 is 4.74 Å². The van der Waals surface area contributed by atoms with E-state index >= 15 is 0 Å². The molecule has 0 spiro atoms. The van der Waals surface area contributed by atoms with Crippen LogP contribution in [-0.2, 0) is 12.4 Å². The van der Waals surface area contributed by atoms with Gasteiger partial charge in [-0.2, -0.15) is 26.3 Å². The third kappa shape index (κ3) is 4.97. The molecule has 32 heavy (non-hydrogen) atoms. The van der Waals surface area contributed by atoms with E-state index in [1.165, 1.54) is 6.07 Å². The molecule has 3 nitrogen and oxygen atoms in total. The summed E-state index contributed by atoms with van der Waals surface area (Å²) in [6.45, 7) is 12.8. The molecule has 1 fully saturated rings. The number of likely N-dealkylation sites (tertiary alicyclic amines) is 1. The maximum absolute atomic E-state index is 13.5. The highest BCUT2D eigenvalue weighted by Gasteiger charge is 2.45. The Balaban J connectivity index is 2.09. The van der Waals surface area contributed by atoms with Crippen LogP contribution in [0.4, 0.5) is 26.3 Å². The molecule has 0 N–H and O–H groups in total. The van der Waals surface area contributed by atoms with Crippen LogP contribution in [0.5, 0.6) is 5.75 Å². The van der Waals surface area contributed by atoms with Crippen LogP contribution in [0.15, 0.2) is 24.3 Å². The standard InChI is InChI=1S/C23H28F6N2O/c1-20(2,3)18-10-13(12-31(18)21(4,5)6)32-16-11-17(23(27,28)29)30-19-14(16)8-7-9-15(19)22(24,25)26/h7-9,11,13,18H,10,12H2,1-6H3. The number of ether oxygens (including phenoxy) is 1. The number of alkyl halides is 6. The SMILES string of the molecule is CC(C)(C)C1CC(Oc2cc(C(F)(F)F)nc3c(C(F)(F)F)cccc23)CN1C(C)(C)C. The zero-order valence-corrected chi connectivity index (χ0v) is 18.9. The van der Waals surface area contributed by atoms with E-state index in [1.54, 1.807) is 0 Å². The molecule has 1 aliphatic rings. The number of halogens is 6. The molecule has 0 amide bonds. The second-order valence-corrected chi connectivity index (χ2v) is 10.4. The Morgan fingerprint density at radius 1 is 0.938 bits per heavy atom. The van der Waals surface area contributed by atoms with Gasteiger partial charge in [0, 0.05) is 36.0 Å². The van der Waals surface area contributed by atoms with Crippen molar-refractivity contribution in [2.24, 2.45) is 5.41 Å². The molecule has 2 unspecified atom stereocenters. The first-order valence-electron chi connectivity index (χ1n) is 10.4. The Bertz CT molecular complexity index is 963. The summed E-state index contributed by atoms with van der Waals surface area (Å²) < 4.78 is 86.8. The number of para-hydroxylation sites is 1. The van der Waals surface area contributed by atoms with E-state index in [2.05, 4.69) is 30.7 Å². The van der Waals surface area contributed by atoms with Gasteiger partial charge in [-0.15, -0.1) is 0 Å². The quantitative estimate of drug-likeness (QED) is 0.452. The van der Waals surface area contributed by atoms with E-state index in [4.69, 9.17) is 4.74 Å². The number of benzene rings is 1. The van der Waals surface area contributed by atoms with Crippen molar-refractivity contribution in [2.75, 3.05) is 6.54 Å². The maximum Gasteiger partial charge on any atom is 0.433 e. The number of rotatable bonds is 2. The Hall–Kier alpha value is -2.03. The Labute approximate surface area is 183 Å². The first-order valence-corrected chi connectivity index (χ1v) is 10.4. The molecule has 0 bridgehead atoms. The highest BCUT2D eigenvalue weighted by molar-refractivity contribution is 5.88. The molecule has 1 aromatic heterocycles. The van der Waals surface area contributed by atoms with Crippen molar-refractivity contribution in [3.63, 3.8) is 0 Å². The molecule has 0 radical (unpaired) electrons. The van der Waals surface area contributed by atoms with Crippen molar-refractivity contribution in [1.29, 1.82) is 0 Å². The maximum atomic E-state index is 13.5.